The van der Waals surface area contributed by atoms with Gasteiger partial charge in [-0.1, -0.05) is 54.9 Å². The van der Waals surface area contributed by atoms with Gasteiger partial charge < -0.3 is 18.8 Å². The first-order valence-electron chi connectivity index (χ1n) is 15.9. The molecule has 0 saturated heterocycles. The van der Waals surface area contributed by atoms with Gasteiger partial charge in [-0.3, -0.25) is 12.5 Å². The molecule has 13 nitrogen and oxygen atoms in total. The molecule has 0 heterocycles. The first-order valence-corrected chi connectivity index (χ1v) is 19.9. The SMILES string of the molecule is CC(CC[C@@H](C)[C@H]1C[C@H](O)[C@H]2[C@@H]3C[C@H](OS(=O)(=O)[O-])[C@H]4C[C@H](OS(=O)(=O)[O-])[C@@H](OS(=O)(=O)[O-])C[C@]4(C)[C@H]3CC[C@@]21C)C(C)(C)C. The monoisotopic (exact) mass is 701 g/mol. The van der Waals surface area contributed by atoms with Crippen molar-refractivity contribution in [1.82, 2.24) is 0 Å². The summed E-state index contributed by atoms with van der Waals surface area (Å²) in [7, 11) is -16.0. The predicted octanol–water partition coefficient (Wildman–Crippen LogP) is 3.47. The molecular weight excluding hydrogens is 653 g/mol. The highest BCUT2D eigenvalue weighted by Crippen LogP contribution is 2.69. The Balaban J connectivity index is 1.70. The molecule has 4 aliphatic carbocycles. The molecule has 1 N–H and O–H groups in total. The van der Waals surface area contributed by atoms with Gasteiger partial charge in [0.2, 0.25) is 31.2 Å². The fraction of sp³-hybridized carbons (Fsp3) is 1.00. The molecule has 16 heteroatoms. The van der Waals surface area contributed by atoms with Gasteiger partial charge in [-0.05, 0) is 103 Å². The van der Waals surface area contributed by atoms with Gasteiger partial charge in [0.15, 0.2) is 0 Å². The van der Waals surface area contributed by atoms with Gasteiger partial charge in [-0.2, -0.15) is 0 Å². The normalized spacial score (nSPS) is 42.3. The van der Waals surface area contributed by atoms with Crippen LogP contribution in [0, 0.1) is 57.7 Å². The Labute approximate surface area is 269 Å². The van der Waals surface area contributed by atoms with Gasteiger partial charge >= 0.3 is 0 Å². The van der Waals surface area contributed by atoms with Crippen molar-refractivity contribution in [2.75, 3.05) is 0 Å². The average molecular weight is 702 g/mol. The maximum atomic E-state index is 11.9. The molecule has 0 aliphatic heterocycles. The van der Waals surface area contributed by atoms with Crippen molar-refractivity contribution in [2.45, 2.75) is 124 Å². The van der Waals surface area contributed by atoms with Crippen LogP contribution in [0.3, 0.4) is 0 Å². The largest absolute Gasteiger partial charge is 0.726 e. The van der Waals surface area contributed by atoms with Crippen molar-refractivity contribution in [3.8, 4) is 0 Å². The molecule has 4 aliphatic rings. The molecule has 4 saturated carbocycles. The van der Waals surface area contributed by atoms with Crippen LogP contribution in [0.25, 0.3) is 0 Å². The van der Waals surface area contributed by atoms with Crippen LogP contribution < -0.4 is 0 Å². The van der Waals surface area contributed by atoms with E-state index < -0.39 is 73.4 Å². The third-order valence-corrected chi connectivity index (χ3v) is 14.1. The van der Waals surface area contributed by atoms with Crippen LogP contribution in [0.5, 0.6) is 0 Å². The van der Waals surface area contributed by atoms with E-state index in [0.717, 1.165) is 19.3 Å². The summed E-state index contributed by atoms with van der Waals surface area (Å²) in [4.78, 5) is 0. The Bertz CT molecular complexity index is 1410. The summed E-state index contributed by atoms with van der Waals surface area (Å²) in [5, 5.41) is 11.6. The molecule has 13 atom stereocenters. The molecule has 0 spiro atoms. The van der Waals surface area contributed by atoms with E-state index in [0.29, 0.717) is 24.7 Å². The van der Waals surface area contributed by atoms with Crippen LogP contribution in [0.4, 0.5) is 0 Å². The molecule has 0 aromatic rings. The molecular formula is C29H49O13S3-3. The van der Waals surface area contributed by atoms with Crippen LogP contribution >= 0.6 is 0 Å². The quantitative estimate of drug-likeness (QED) is 0.255. The molecule has 0 radical (unpaired) electrons. The third-order valence-electron chi connectivity index (χ3n) is 12.6. The summed E-state index contributed by atoms with van der Waals surface area (Å²) in [6, 6.07) is 0. The standard InChI is InChI=1S/C29H52O13S3/c1-16(8-9-17(2)27(3,4)5)20-13-22(30)26-18-12-23(40-43(31,32)33)21-14-24(41-44(34,35)36)25(42-45(37,38)39)15-29(21,7)19(18)10-11-28(20,26)6/h16-26,30H,8-15H2,1-7H3,(H,31,32,33)(H,34,35,36)(H,37,38,39)/p-3/t16-,17?,18-,19+,20-,21-,22+,23+,24+,25+,26-,28-,29-/m1/s1. The molecule has 4 rings (SSSR count). The Kier molecular flexibility index (Phi) is 10.4. The van der Waals surface area contributed by atoms with Gasteiger partial charge in [0.1, 0.15) is 12.2 Å². The molecule has 0 bridgehead atoms. The lowest BCUT2D eigenvalue weighted by Gasteiger charge is -2.63. The lowest BCUT2D eigenvalue weighted by molar-refractivity contribution is -0.191. The lowest BCUT2D eigenvalue weighted by atomic mass is 9.43. The minimum absolute atomic E-state index is 0.0775. The summed E-state index contributed by atoms with van der Waals surface area (Å²) in [5.74, 6) is -0.727. The van der Waals surface area contributed by atoms with E-state index in [1.807, 2.05) is 0 Å². The van der Waals surface area contributed by atoms with Crippen LogP contribution in [0.2, 0.25) is 0 Å². The molecule has 45 heavy (non-hydrogen) atoms. The molecule has 264 valence electrons. The van der Waals surface area contributed by atoms with E-state index in [4.69, 9.17) is 8.37 Å². The zero-order valence-corrected chi connectivity index (χ0v) is 29.5. The van der Waals surface area contributed by atoms with E-state index in [9.17, 15) is 44.0 Å². The van der Waals surface area contributed by atoms with Crippen molar-refractivity contribution in [3.63, 3.8) is 0 Å². The molecule has 4 fully saturated rings. The second-order valence-electron chi connectivity index (χ2n) is 16.0. The molecule has 1 unspecified atom stereocenters. The van der Waals surface area contributed by atoms with Gasteiger partial charge in [0.05, 0.1) is 12.2 Å². The maximum absolute atomic E-state index is 11.9. The molecule has 0 aromatic heterocycles. The minimum atomic E-state index is -5.39. The summed E-state index contributed by atoms with van der Waals surface area (Å²) >= 11 is 0. The van der Waals surface area contributed by atoms with Gasteiger partial charge in [0.25, 0.3) is 0 Å². The summed E-state index contributed by atoms with van der Waals surface area (Å²) in [6.45, 7) is 15.1. The molecule has 0 aromatic carbocycles. The van der Waals surface area contributed by atoms with Crippen LogP contribution in [-0.4, -0.2) is 68.4 Å². The number of hydrogen-bond donors (Lipinski definition) is 1. The van der Waals surface area contributed by atoms with Gasteiger partial charge in [-0.15, -0.1) is 0 Å². The average Bonchev–Trinajstić information content (AvgIpc) is 3.10. The fourth-order valence-electron chi connectivity index (χ4n) is 10.2. The van der Waals surface area contributed by atoms with Gasteiger partial charge in [-0.25, -0.2) is 25.3 Å². The zero-order chi connectivity index (χ0) is 34.1. The van der Waals surface area contributed by atoms with Crippen LogP contribution in [0.1, 0.15) is 99.8 Å². The smallest absolute Gasteiger partial charge is 0.217 e. The zero-order valence-electron chi connectivity index (χ0n) is 27.1. The van der Waals surface area contributed by atoms with E-state index in [-0.39, 0.29) is 47.3 Å². The fourth-order valence-corrected chi connectivity index (χ4v) is 11.7. The topological polar surface area (TPSA) is 220 Å². The summed E-state index contributed by atoms with van der Waals surface area (Å²) < 4.78 is 120. The predicted molar refractivity (Wildman–Crippen MR) is 158 cm³/mol. The van der Waals surface area contributed by atoms with E-state index >= 15 is 0 Å². The van der Waals surface area contributed by atoms with Crippen molar-refractivity contribution in [2.24, 2.45) is 57.7 Å². The van der Waals surface area contributed by atoms with Crippen molar-refractivity contribution in [1.29, 1.82) is 0 Å². The summed E-state index contributed by atoms with van der Waals surface area (Å²) in [5.41, 5.74) is -1.16. The van der Waals surface area contributed by atoms with E-state index in [1.165, 1.54) is 0 Å². The van der Waals surface area contributed by atoms with E-state index in [2.05, 4.69) is 45.7 Å². The van der Waals surface area contributed by atoms with Crippen molar-refractivity contribution in [3.05, 3.63) is 0 Å². The van der Waals surface area contributed by atoms with E-state index in [1.54, 1.807) is 6.92 Å². The second-order valence-corrected chi connectivity index (χ2v) is 19.0. The third kappa shape index (κ3) is 8.07. The number of fused-ring (bicyclic) bond motifs is 5. The Hall–Kier alpha value is -0.430. The highest BCUT2D eigenvalue weighted by molar-refractivity contribution is 7.81. The number of aliphatic hydroxyl groups is 1. The van der Waals surface area contributed by atoms with Crippen molar-refractivity contribution < 1.29 is 56.6 Å². The van der Waals surface area contributed by atoms with Crippen LogP contribution in [0.15, 0.2) is 0 Å². The van der Waals surface area contributed by atoms with Crippen molar-refractivity contribution >= 4 is 31.2 Å². The highest BCUT2D eigenvalue weighted by Gasteiger charge is 2.66. The minimum Gasteiger partial charge on any atom is -0.726 e. The first-order chi connectivity index (χ1) is 20.3. The molecule has 0 amide bonds. The number of hydrogen-bond acceptors (Lipinski definition) is 13. The second kappa shape index (κ2) is 12.5. The Morgan fingerprint density at radius 3 is 1.84 bits per heavy atom. The Morgan fingerprint density at radius 2 is 1.31 bits per heavy atom. The highest BCUT2D eigenvalue weighted by atomic mass is 32.3. The summed E-state index contributed by atoms with van der Waals surface area (Å²) in [6.07, 6.45) is -2.01. The Morgan fingerprint density at radius 1 is 0.778 bits per heavy atom. The lowest BCUT2D eigenvalue weighted by Crippen LogP contribution is -2.62. The number of aliphatic hydroxyl groups excluding tert-OH is 1. The number of rotatable bonds is 10. The first kappa shape index (κ1) is 37.4. The van der Waals surface area contributed by atoms with Crippen LogP contribution in [-0.2, 0) is 43.7 Å². The van der Waals surface area contributed by atoms with Gasteiger partial charge in [0, 0.05) is 0 Å². The maximum Gasteiger partial charge on any atom is 0.217 e.